The van der Waals surface area contributed by atoms with Crippen molar-refractivity contribution in [3.8, 4) is 0 Å². The van der Waals surface area contributed by atoms with Gasteiger partial charge in [0.05, 0.1) is 0 Å². The predicted octanol–water partition coefficient (Wildman–Crippen LogP) is -0.502. The van der Waals surface area contributed by atoms with Crippen LogP contribution in [0.2, 0.25) is 0 Å². The van der Waals surface area contributed by atoms with Crippen LogP contribution < -0.4 is 5.46 Å². The normalized spacial score (nSPS) is 9.69. The van der Waals surface area contributed by atoms with E-state index in [1.54, 1.807) is 18.2 Å². The Labute approximate surface area is 77.2 Å². The lowest BCUT2D eigenvalue weighted by atomic mass is 9.76. The van der Waals surface area contributed by atoms with E-state index in [2.05, 4.69) is 0 Å². The van der Waals surface area contributed by atoms with Crippen LogP contribution in [-0.4, -0.2) is 23.5 Å². The van der Waals surface area contributed by atoms with Gasteiger partial charge in [-0.25, -0.2) is 0 Å². The van der Waals surface area contributed by atoms with Crippen LogP contribution in [0.15, 0.2) is 24.3 Å². The fraction of sp³-hybridized carbons (Fsp3) is 0.222. The summed E-state index contributed by atoms with van der Waals surface area (Å²) in [4.78, 5) is 10.1. The lowest BCUT2D eigenvalue weighted by molar-refractivity contribution is -0.107. The molecule has 0 aliphatic heterocycles. The summed E-state index contributed by atoms with van der Waals surface area (Å²) in [5, 5.41) is 17.9. The van der Waals surface area contributed by atoms with Crippen LogP contribution in [0.1, 0.15) is 12.0 Å². The maximum Gasteiger partial charge on any atom is 0.488 e. The van der Waals surface area contributed by atoms with Gasteiger partial charge in [-0.3, -0.25) is 0 Å². The van der Waals surface area contributed by atoms with Crippen molar-refractivity contribution in [2.75, 3.05) is 0 Å². The molecule has 68 valence electrons. The van der Waals surface area contributed by atoms with Gasteiger partial charge in [0.25, 0.3) is 0 Å². The van der Waals surface area contributed by atoms with Crippen molar-refractivity contribution in [2.24, 2.45) is 0 Å². The molecule has 3 nitrogen and oxygen atoms in total. The van der Waals surface area contributed by atoms with E-state index in [-0.39, 0.29) is 0 Å². The zero-order valence-electron chi connectivity index (χ0n) is 7.18. The quantitative estimate of drug-likeness (QED) is 0.482. The van der Waals surface area contributed by atoms with Crippen LogP contribution in [0.3, 0.4) is 0 Å². The molecule has 4 heteroatoms. The SMILES string of the molecule is O=CCCc1ccccc1B(O)O. The van der Waals surface area contributed by atoms with E-state index in [1.807, 2.05) is 6.07 Å². The summed E-state index contributed by atoms with van der Waals surface area (Å²) in [7, 11) is -1.46. The molecule has 0 fully saturated rings. The second-order valence-electron chi connectivity index (χ2n) is 2.78. The third kappa shape index (κ3) is 2.68. The Morgan fingerprint density at radius 2 is 2.00 bits per heavy atom. The molecule has 0 aliphatic rings. The molecule has 0 amide bonds. The molecule has 2 N–H and O–H groups in total. The van der Waals surface area contributed by atoms with E-state index < -0.39 is 7.12 Å². The van der Waals surface area contributed by atoms with Crippen molar-refractivity contribution in [1.82, 2.24) is 0 Å². The predicted molar refractivity (Wildman–Crippen MR) is 50.7 cm³/mol. The Bertz CT molecular complexity index is 286. The Morgan fingerprint density at radius 3 is 2.62 bits per heavy atom. The summed E-state index contributed by atoms with van der Waals surface area (Å²) in [6.45, 7) is 0. The van der Waals surface area contributed by atoms with Crippen molar-refractivity contribution in [3.63, 3.8) is 0 Å². The molecule has 0 spiro atoms. The summed E-state index contributed by atoms with van der Waals surface area (Å²) in [5.74, 6) is 0. The van der Waals surface area contributed by atoms with Crippen LogP contribution in [0.25, 0.3) is 0 Å². The van der Waals surface area contributed by atoms with Gasteiger partial charge in [0.2, 0.25) is 0 Å². The standard InChI is InChI=1S/C9H11BO3/c11-7-3-5-8-4-1-2-6-9(8)10(12)13/h1-2,4,6-7,12-13H,3,5H2. The molecular weight excluding hydrogens is 167 g/mol. The Hall–Kier alpha value is -1.13. The highest BCUT2D eigenvalue weighted by Crippen LogP contribution is 1.99. The lowest BCUT2D eigenvalue weighted by Crippen LogP contribution is -2.32. The number of hydrogen-bond acceptors (Lipinski definition) is 3. The Kier molecular flexibility index (Phi) is 3.67. The van der Waals surface area contributed by atoms with Crippen molar-refractivity contribution in [1.29, 1.82) is 0 Å². The van der Waals surface area contributed by atoms with Gasteiger partial charge in [0, 0.05) is 6.42 Å². The average molecular weight is 178 g/mol. The number of carbonyl (C=O) groups excluding carboxylic acids is 1. The van der Waals surface area contributed by atoms with Gasteiger partial charge in [0.15, 0.2) is 0 Å². The topological polar surface area (TPSA) is 57.5 Å². The second-order valence-corrected chi connectivity index (χ2v) is 2.78. The van der Waals surface area contributed by atoms with E-state index in [0.29, 0.717) is 18.3 Å². The highest BCUT2D eigenvalue weighted by molar-refractivity contribution is 6.59. The third-order valence-corrected chi connectivity index (χ3v) is 1.86. The van der Waals surface area contributed by atoms with Crippen LogP contribution >= 0.6 is 0 Å². The largest absolute Gasteiger partial charge is 0.488 e. The van der Waals surface area contributed by atoms with E-state index in [4.69, 9.17) is 10.0 Å². The van der Waals surface area contributed by atoms with Crippen LogP contribution in [0, 0.1) is 0 Å². The molecule has 1 aromatic carbocycles. The fourth-order valence-electron chi connectivity index (χ4n) is 1.23. The number of aldehydes is 1. The summed E-state index contributed by atoms with van der Waals surface area (Å²) >= 11 is 0. The lowest BCUT2D eigenvalue weighted by Gasteiger charge is -2.05. The summed E-state index contributed by atoms with van der Waals surface area (Å²) in [6, 6.07) is 6.98. The molecule has 0 saturated carbocycles. The Balaban J connectivity index is 2.84. The zero-order chi connectivity index (χ0) is 9.68. The summed E-state index contributed by atoms with van der Waals surface area (Å²) in [6.07, 6.45) is 1.78. The van der Waals surface area contributed by atoms with Crippen molar-refractivity contribution in [2.45, 2.75) is 12.8 Å². The third-order valence-electron chi connectivity index (χ3n) is 1.86. The van der Waals surface area contributed by atoms with E-state index in [9.17, 15) is 4.79 Å². The first-order chi connectivity index (χ1) is 6.25. The van der Waals surface area contributed by atoms with Gasteiger partial charge in [-0.05, 0) is 17.4 Å². The smallest absolute Gasteiger partial charge is 0.423 e. The van der Waals surface area contributed by atoms with Crippen LogP contribution in [-0.2, 0) is 11.2 Å². The zero-order valence-corrected chi connectivity index (χ0v) is 7.18. The first kappa shape index (κ1) is 9.96. The van der Waals surface area contributed by atoms with Crippen molar-refractivity contribution in [3.05, 3.63) is 29.8 Å². The molecular formula is C9H11BO3. The average Bonchev–Trinajstić information content (AvgIpc) is 2.15. The molecule has 0 aromatic heterocycles. The monoisotopic (exact) mass is 178 g/mol. The number of carbonyl (C=O) groups is 1. The summed E-state index contributed by atoms with van der Waals surface area (Å²) in [5.41, 5.74) is 1.29. The van der Waals surface area contributed by atoms with Gasteiger partial charge in [-0.2, -0.15) is 0 Å². The molecule has 0 unspecified atom stereocenters. The van der Waals surface area contributed by atoms with Gasteiger partial charge in [-0.15, -0.1) is 0 Å². The van der Waals surface area contributed by atoms with E-state index in [0.717, 1.165) is 11.8 Å². The number of hydrogen-bond donors (Lipinski definition) is 2. The highest BCUT2D eigenvalue weighted by atomic mass is 16.4. The molecule has 0 radical (unpaired) electrons. The van der Waals surface area contributed by atoms with Crippen molar-refractivity contribution < 1.29 is 14.8 Å². The number of aryl methyl sites for hydroxylation is 1. The molecule has 0 heterocycles. The number of rotatable bonds is 4. The summed E-state index contributed by atoms with van der Waals surface area (Å²) < 4.78 is 0. The second kappa shape index (κ2) is 4.79. The molecule has 0 saturated heterocycles. The maximum atomic E-state index is 10.1. The highest BCUT2D eigenvalue weighted by Gasteiger charge is 2.14. The molecule has 1 rings (SSSR count). The molecule has 0 bridgehead atoms. The minimum absolute atomic E-state index is 0.406. The number of benzene rings is 1. The maximum absolute atomic E-state index is 10.1. The molecule has 1 aromatic rings. The first-order valence-electron chi connectivity index (χ1n) is 4.13. The minimum Gasteiger partial charge on any atom is -0.423 e. The van der Waals surface area contributed by atoms with E-state index in [1.165, 1.54) is 0 Å². The van der Waals surface area contributed by atoms with Crippen LogP contribution in [0.4, 0.5) is 0 Å². The molecule has 0 aliphatic carbocycles. The Morgan fingerprint density at radius 1 is 1.31 bits per heavy atom. The van der Waals surface area contributed by atoms with Crippen molar-refractivity contribution >= 4 is 18.9 Å². The molecule has 13 heavy (non-hydrogen) atoms. The molecule has 0 atom stereocenters. The van der Waals surface area contributed by atoms with Gasteiger partial charge >= 0.3 is 7.12 Å². The minimum atomic E-state index is -1.46. The van der Waals surface area contributed by atoms with E-state index >= 15 is 0 Å². The van der Waals surface area contributed by atoms with Gasteiger partial charge < -0.3 is 14.8 Å². The first-order valence-corrected chi connectivity index (χ1v) is 4.13. The fourth-order valence-corrected chi connectivity index (χ4v) is 1.23. The van der Waals surface area contributed by atoms with Crippen LogP contribution in [0.5, 0.6) is 0 Å². The van der Waals surface area contributed by atoms with Gasteiger partial charge in [-0.1, -0.05) is 24.3 Å². The van der Waals surface area contributed by atoms with Gasteiger partial charge in [0.1, 0.15) is 6.29 Å².